The Labute approximate surface area is 156 Å². The van der Waals surface area contributed by atoms with E-state index in [1.165, 1.54) is 0 Å². The first-order chi connectivity index (χ1) is 12.8. The van der Waals surface area contributed by atoms with Crippen LogP contribution in [0.15, 0.2) is 67.3 Å². The minimum Gasteiger partial charge on any atom is -0.369 e. The first-order valence-electron chi connectivity index (χ1n) is 8.52. The lowest BCUT2D eigenvalue weighted by atomic mass is 10.2. The molecule has 2 aromatic carbocycles. The van der Waals surface area contributed by atoms with Gasteiger partial charge < -0.3 is 9.88 Å². The molecule has 1 N–H and O–H groups in total. The van der Waals surface area contributed by atoms with E-state index in [1.54, 1.807) is 6.20 Å². The number of halogens is 1. The van der Waals surface area contributed by atoms with Crippen LogP contribution in [0.3, 0.4) is 0 Å². The average Bonchev–Trinajstić information content (AvgIpc) is 3.19. The maximum Gasteiger partial charge on any atom is 0.163 e. The Hall–Kier alpha value is -2.92. The lowest BCUT2D eigenvalue weighted by molar-refractivity contribution is 0.660. The summed E-state index contributed by atoms with van der Waals surface area (Å²) in [4.78, 5) is 13.5. The molecule has 0 radical (unpaired) electrons. The van der Waals surface area contributed by atoms with Crippen LogP contribution in [0.1, 0.15) is 6.42 Å². The van der Waals surface area contributed by atoms with Gasteiger partial charge in [0.15, 0.2) is 5.82 Å². The second kappa shape index (κ2) is 7.54. The molecule has 0 atom stereocenters. The SMILES string of the molecule is Clc1ccccc1-c1nc(NCCCn2ccnc2)c2ccccc2n1. The number of imidazole rings is 1. The van der Waals surface area contributed by atoms with Crippen molar-refractivity contribution >= 4 is 28.3 Å². The first kappa shape index (κ1) is 16.5. The molecule has 0 aliphatic rings. The van der Waals surface area contributed by atoms with Gasteiger partial charge in [-0.3, -0.25) is 0 Å². The number of para-hydroxylation sites is 1. The summed E-state index contributed by atoms with van der Waals surface area (Å²) in [6, 6.07) is 15.6. The fraction of sp³-hybridized carbons (Fsp3) is 0.150. The van der Waals surface area contributed by atoms with Crippen molar-refractivity contribution in [2.75, 3.05) is 11.9 Å². The molecule has 26 heavy (non-hydrogen) atoms. The van der Waals surface area contributed by atoms with Crippen LogP contribution in [0.2, 0.25) is 5.02 Å². The van der Waals surface area contributed by atoms with Crippen molar-refractivity contribution in [3.8, 4) is 11.4 Å². The van der Waals surface area contributed by atoms with Crippen molar-refractivity contribution < 1.29 is 0 Å². The van der Waals surface area contributed by atoms with Crippen molar-refractivity contribution in [2.45, 2.75) is 13.0 Å². The van der Waals surface area contributed by atoms with E-state index in [0.29, 0.717) is 10.8 Å². The van der Waals surface area contributed by atoms with Gasteiger partial charge in [0.1, 0.15) is 5.82 Å². The fourth-order valence-electron chi connectivity index (χ4n) is 2.86. The van der Waals surface area contributed by atoms with Crippen LogP contribution in [-0.2, 0) is 6.54 Å². The average molecular weight is 364 g/mol. The highest BCUT2D eigenvalue weighted by Gasteiger charge is 2.11. The summed E-state index contributed by atoms with van der Waals surface area (Å²) in [5.41, 5.74) is 1.73. The van der Waals surface area contributed by atoms with Crippen molar-refractivity contribution in [1.29, 1.82) is 0 Å². The van der Waals surface area contributed by atoms with Gasteiger partial charge in [0.2, 0.25) is 0 Å². The molecule has 6 heteroatoms. The highest BCUT2D eigenvalue weighted by atomic mass is 35.5. The van der Waals surface area contributed by atoms with Crippen LogP contribution < -0.4 is 5.32 Å². The zero-order valence-corrected chi connectivity index (χ0v) is 14.9. The van der Waals surface area contributed by atoms with Gasteiger partial charge in [-0.1, -0.05) is 35.9 Å². The van der Waals surface area contributed by atoms with Gasteiger partial charge in [-0.25, -0.2) is 15.0 Å². The number of hydrogen-bond donors (Lipinski definition) is 1. The third-order valence-corrected chi connectivity index (χ3v) is 4.49. The molecule has 0 saturated heterocycles. The molecule has 0 bridgehead atoms. The van der Waals surface area contributed by atoms with Crippen molar-refractivity contribution in [3.05, 3.63) is 72.3 Å². The second-order valence-corrected chi connectivity index (χ2v) is 6.38. The normalized spacial score (nSPS) is 11.0. The zero-order valence-electron chi connectivity index (χ0n) is 14.1. The molecule has 0 spiro atoms. The molecule has 0 aliphatic carbocycles. The minimum absolute atomic E-state index is 0.631. The summed E-state index contributed by atoms with van der Waals surface area (Å²) >= 11 is 6.34. The van der Waals surface area contributed by atoms with Crippen LogP contribution in [0.4, 0.5) is 5.82 Å². The highest BCUT2D eigenvalue weighted by Crippen LogP contribution is 2.29. The molecule has 5 nitrogen and oxygen atoms in total. The molecule has 0 amide bonds. The summed E-state index contributed by atoms with van der Waals surface area (Å²) in [6.45, 7) is 1.72. The number of rotatable bonds is 6. The quantitative estimate of drug-likeness (QED) is 0.507. The zero-order chi connectivity index (χ0) is 17.8. The van der Waals surface area contributed by atoms with E-state index in [4.69, 9.17) is 16.6 Å². The Morgan fingerprint density at radius 1 is 1.00 bits per heavy atom. The van der Waals surface area contributed by atoms with E-state index in [0.717, 1.165) is 41.8 Å². The number of benzene rings is 2. The summed E-state index contributed by atoms with van der Waals surface area (Å²) in [7, 11) is 0. The van der Waals surface area contributed by atoms with Crippen LogP contribution in [-0.4, -0.2) is 26.1 Å². The van der Waals surface area contributed by atoms with Crippen LogP contribution >= 0.6 is 11.6 Å². The van der Waals surface area contributed by atoms with Crippen molar-refractivity contribution in [2.24, 2.45) is 0 Å². The predicted octanol–water partition coefficient (Wildman–Crippen LogP) is 4.65. The molecule has 0 aliphatic heterocycles. The Bertz CT molecular complexity index is 1010. The summed E-state index contributed by atoms with van der Waals surface area (Å²) < 4.78 is 2.06. The van der Waals surface area contributed by atoms with E-state index in [9.17, 15) is 0 Å². The highest BCUT2D eigenvalue weighted by molar-refractivity contribution is 6.33. The third-order valence-electron chi connectivity index (χ3n) is 4.16. The number of hydrogen-bond acceptors (Lipinski definition) is 4. The van der Waals surface area contributed by atoms with Gasteiger partial charge in [-0.2, -0.15) is 0 Å². The molecule has 4 aromatic rings. The fourth-order valence-corrected chi connectivity index (χ4v) is 3.08. The molecule has 0 saturated carbocycles. The number of nitrogens with one attached hydrogen (secondary N) is 1. The smallest absolute Gasteiger partial charge is 0.163 e. The Morgan fingerprint density at radius 3 is 2.69 bits per heavy atom. The predicted molar refractivity (Wildman–Crippen MR) is 105 cm³/mol. The van der Waals surface area contributed by atoms with Gasteiger partial charge in [0.05, 0.1) is 16.9 Å². The van der Waals surface area contributed by atoms with Crippen molar-refractivity contribution in [1.82, 2.24) is 19.5 Å². The number of anilines is 1. The molecule has 2 heterocycles. The minimum atomic E-state index is 0.631. The van der Waals surface area contributed by atoms with Gasteiger partial charge >= 0.3 is 0 Å². The number of nitrogens with zero attached hydrogens (tertiary/aromatic N) is 4. The molecular formula is C20H18ClN5. The summed E-state index contributed by atoms with van der Waals surface area (Å²) in [5, 5.41) is 5.10. The molecular weight excluding hydrogens is 346 g/mol. The van der Waals surface area contributed by atoms with E-state index in [-0.39, 0.29) is 0 Å². The van der Waals surface area contributed by atoms with Crippen LogP contribution in [0.25, 0.3) is 22.3 Å². The van der Waals surface area contributed by atoms with Crippen LogP contribution in [0, 0.1) is 0 Å². The van der Waals surface area contributed by atoms with E-state index >= 15 is 0 Å². The molecule has 130 valence electrons. The van der Waals surface area contributed by atoms with E-state index in [1.807, 2.05) is 61.1 Å². The maximum atomic E-state index is 6.34. The monoisotopic (exact) mass is 363 g/mol. The van der Waals surface area contributed by atoms with Gasteiger partial charge in [-0.05, 0) is 30.7 Å². The Balaban J connectivity index is 1.61. The molecule has 4 rings (SSSR count). The van der Waals surface area contributed by atoms with Gasteiger partial charge in [-0.15, -0.1) is 0 Å². The largest absolute Gasteiger partial charge is 0.369 e. The third kappa shape index (κ3) is 3.53. The van der Waals surface area contributed by atoms with Crippen molar-refractivity contribution in [3.63, 3.8) is 0 Å². The number of fused-ring (bicyclic) bond motifs is 1. The first-order valence-corrected chi connectivity index (χ1v) is 8.90. The Morgan fingerprint density at radius 2 is 1.85 bits per heavy atom. The van der Waals surface area contributed by atoms with Crippen LogP contribution in [0.5, 0.6) is 0 Å². The summed E-state index contributed by atoms with van der Waals surface area (Å²) in [6.07, 6.45) is 6.56. The van der Waals surface area contributed by atoms with E-state index in [2.05, 4.69) is 19.9 Å². The second-order valence-electron chi connectivity index (χ2n) is 5.97. The lowest BCUT2D eigenvalue weighted by Crippen LogP contribution is -2.08. The Kier molecular flexibility index (Phi) is 4.80. The van der Waals surface area contributed by atoms with Gasteiger partial charge in [0, 0.05) is 36.4 Å². The summed E-state index contributed by atoms with van der Waals surface area (Å²) in [5.74, 6) is 1.46. The molecule has 0 unspecified atom stereocenters. The standard InChI is InChI=1S/C20H18ClN5/c21-17-8-3-1-6-15(17)20-24-18-9-4-2-7-16(18)19(25-20)23-10-5-12-26-13-11-22-14-26/h1-4,6-9,11,13-14H,5,10,12H2,(H,23,24,25). The van der Waals surface area contributed by atoms with E-state index < -0.39 is 0 Å². The topological polar surface area (TPSA) is 55.6 Å². The van der Waals surface area contributed by atoms with Gasteiger partial charge in [0.25, 0.3) is 0 Å². The molecule has 0 fully saturated rings. The molecule has 2 aromatic heterocycles. The number of aryl methyl sites for hydroxylation is 1. The maximum absolute atomic E-state index is 6.34. The number of aromatic nitrogens is 4. The lowest BCUT2D eigenvalue weighted by Gasteiger charge is -2.12.